The van der Waals surface area contributed by atoms with E-state index < -0.39 is 0 Å². The molecule has 3 heterocycles. The number of esters is 1. The molecule has 1 aliphatic heterocycles. The first-order valence-electron chi connectivity index (χ1n) is 12.3. The standard InChI is InChI=1S/C28H28N6O3/c1-2-37-27(36)21-9-6-16-34(17-21)33-26(35)20-12-10-18(11-13-20)22-14-15-23-25(30-22)24(32-28(29)31-23)19-7-4-3-5-8-19/h3-5,7-8,10-15,21H,2,6,9,16-17H2,1H3,(H,33,35)(H2,29,31,32). The van der Waals surface area contributed by atoms with Crippen LogP contribution in [0.4, 0.5) is 5.95 Å². The van der Waals surface area contributed by atoms with Crippen LogP contribution >= 0.6 is 0 Å². The second kappa shape index (κ2) is 10.7. The minimum Gasteiger partial charge on any atom is -0.466 e. The first-order valence-corrected chi connectivity index (χ1v) is 12.3. The Morgan fingerprint density at radius 3 is 2.54 bits per heavy atom. The molecular formula is C28H28N6O3. The van der Waals surface area contributed by atoms with E-state index in [1.54, 1.807) is 24.1 Å². The Morgan fingerprint density at radius 1 is 1.00 bits per heavy atom. The van der Waals surface area contributed by atoms with Crippen molar-refractivity contribution < 1.29 is 14.3 Å². The summed E-state index contributed by atoms with van der Waals surface area (Å²) in [6.45, 7) is 3.29. The SMILES string of the molecule is CCOC(=O)C1CCCN(NC(=O)c2ccc(-c3ccc4nc(N)nc(-c5ccccc5)c4n3)cc2)C1. The molecule has 0 radical (unpaired) electrons. The van der Waals surface area contributed by atoms with Crippen molar-refractivity contribution in [2.75, 3.05) is 25.4 Å². The van der Waals surface area contributed by atoms with E-state index in [9.17, 15) is 9.59 Å². The van der Waals surface area contributed by atoms with Gasteiger partial charge in [-0.05, 0) is 44.0 Å². The summed E-state index contributed by atoms with van der Waals surface area (Å²) in [5.74, 6) is -0.469. The summed E-state index contributed by atoms with van der Waals surface area (Å²) in [5.41, 5.74) is 13.9. The topological polar surface area (TPSA) is 123 Å². The van der Waals surface area contributed by atoms with Crippen LogP contribution in [0.5, 0.6) is 0 Å². The van der Waals surface area contributed by atoms with E-state index in [1.165, 1.54) is 0 Å². The minimum absolute atomic E-state index is 0.193. The average molecular weight is 497 g/mol. The molecule has 1 aliphatic rings. The molecule has 1 unspecified atom stereocenters. The van der Waals surface area contributed by atoms with Crippen molar-refractivity contribution >= 4 is 28.9 Å². The van der Waals surface area contributed by atoms with E-state index in [0.29, 0.717) is 42.0 Å². The van der Waals surface area contributed by atoms with E-state index in [1.807, 2.05) is 54.6 Å². The van der Waals surface area contributed by atoms with E-state index in [-0.39, 0.29) is 23.7 Å². The van der Waals surface area contributed by atoms with Crippen LogP contribution in [0.15, 0.2) is 66.7 Å². The Kier molecular flexibility index (Phi) is 7.04. The highest BCUT2D eigenvalue weighted by molar-refractivity contribution is 5.95. The fraction of sp³-hybridized carbons (Fsp3) is 0.250. The van der Waals surface area contributed by atoms with Crippen molar-refractivity contribution in [2.24, 2.45) is 5.92 Å². The molecule has 1 amide bonds. The van der Waals surface area contributed by atoms with Gasteiger partial charge in [-0.3, -0.25) is 15.0 Å². The number of anilines is 1. The number of carbonyl (C=O) groups is 2. The Hall–Kier alpha value is -4.37. The van der Waals surface area contributed by atoms with Gasteiger partial charge >= 0.3 is 5.97 Å². The highest BCUT2D eigenvalue weighted by Crippen LogP contribution is 2.28. The van der Waals surface area contributed by atoms with Crippen molar-refractivity contribution in [2.45, 2.75) is 19.8 Å². The second-order valence-corrected chi connectivity index (χ2v) is 8.92. The third-order valence-electron chi connectivity index (χ3n) is 6.35. The van der Waals surface area contributed by atoms with E-state index >= 15 is 0 Å². The molecule has 4 aromatic rings. The normalized spacial score (nSPS) is 15.9. The van der Waals surface area contributed by atoms with Crippen LogP contribution in [0.1, 0.15) is 30.1 Å². The number of benzene rings is 2. The number of nitrogen functional groups attached to an aromatic ring is 1. The molecule has 0 aliphatic carbocycles. The van der Waals surface area contributed by atoms with Gasteiger partial charge in [-0.2, -0.15) is 0 Å². The number of nitrogens with one attached hydrogen (secondary N) is 1. The number of ether oxygens (including phenoxy) is 1. The lowest BCUT2D eigenvalue weighted by Gasteiger charge is -2.31. The number of pyridine rings is 1. The van der Waals surface area contributed by atoms with E-state index in [4.69, 9.17) is 15.5 Å². The largest absolute Gasteiger partial charge is 0.466 e. The molecule has 2 aromatic heterocycles. The summed E-state index contributed by atoms with van der Waals surface area (Å²) in [7, 11) is 0. The van der Waals surface area contributed by atoms with E-state index in [0.717, 1.165) is 29.7 Å². The maximum absolute atomic E-state index is 12.9. The van der Waals surface area contributed by atoms with Gasteiger partial charge in [0.1, 0.15) is 11.2 Å². The monoisotopic (exact) mass is 496 g/mol. The molecule has 0 spiro atoms. The maximum atomic E-state index is 12.9. The number of nitrogens with zero attached hydrogens (tertiary/aromatic N) is 4. The van der Waals surface area contributed by atoms with Gasteiger partial charge in [0.2, 0.25) is 5.95 Å². The predicted octanol–water partition coefficient (Wildman–Crippen LogP) is 3.86. The van der Waals surface area contributed by atoms with Crippen molar-refractivity contribution in [1.82, 2.24) is 25.4 Å². The summed E-state index contributed by atoms with van der Waals surface area (Å²) in [5, 5.41) is 1.79. The summed E-state index contributed by atoms with van der Waals surface area (Å²) >= 11 is 0. The smallest absolute Gasteiger partial charge is 0.310 e. The van der Waals surface area contributed by atoms with Crippen molar-refractivity contribution in [3.8, 4) is 22.5 Å². The lowest BCUT2D eigenvalue weighted by atomic mass is 9.99. The van der Waals surface area contributed by atoms with Crippen molar-refractivity contribution in [3.63, 3.8) is 0 Å². The van der Waals surface area contributed by atoms with Crippen LogP contribution in [-0.2, 0) is 9.53 Å². The molecule has 0 bridgehead atoms. The molecule has 1 atom stereocenters. The number of hydrazine groups is 1. The lowest BCUT2D eigenvalue weighted by Crippen LogP contribution is -2.49. The Morgan fingerprint density at radius 2 is 1.78 bits per heavy atom. The van der Waals surface area contributed by atoms with Gasteiger partial charge < -0.3 is 10.5 Å². The molecule has 5 rings (SSSR count). The molecule has 3 N–H and O–H groups in total. The lowest BCUT2D eigenvalue weighted by molar-refractivity contribution is -0.150. The summed E-state index contributed by atoms with van der Waals surface area (Å²) in [6.07, 6.45) is 1.58. The fourth-order valence-electron chi connectivity index (χ4n) is 4.52. The van der Waals surface area contributed by atoms with E-state index in [2.05, 4.69) is 15.4 Å². The molecular weight excluding hydrogens is 468 g/mol. The zero-order chi connectivity index (χ0) is 25.8. The highest BCUT2D eigenvalue weighted by atomic mass is 16.5. The fourth-order valence-corrected chi connectivity index (χ4v) is 4.52. The van der Waals surface area contributed by atoms with Gasteiger partial charge in [0.15, 0.2) is 0 Å². The number of aromatic nitrogens is 3. The van der Waals surface area contributed by atoms with Crippen molar-refractivity contribution in [1.29, 1.82) is 0 Å². The first-order chi connectivity index (χ1) is 18.0. The van der Waals surface area contributed by atoms with Crippen LogP contribution in [0.3, 0.4) is 0 Å². The molecule has 188 valence electrons. The number of amides is 1. The van der Waals surface area contributed by atoms with Crippen LogP contribution in [0.2, 0.25) is 0 Å². The molecule has 1 fully saturated rings. The van der Waals surface area contributed by atoms with Crippen LogP contribution in [0, 0.1) is 5.92 Å². The zero-order valence-corrected chi connectivity index (χ0v) is 20.6. The Bertz CT molecular complexity index is 1430. The summed E-state index contributed by atoms with van der Waals surface area (Å²) in [6, 6.07) is 20.7. The number of carbonyl (C=O) groups excluding carboxylic acids is 2. The molecule has 9 nitrogen and oxygen atoms in total. The first kappa shape index (κ1) is 24.3. The molecule has 9 heteroatoms. The number of hydrogen-bond donors (Lipinski definition) is 2. The second-order valence-electron chi connectivity index (χ2n) is 8.92. The maximum Gasteiger partial charge on any atom is 0.310 e. The third kappa shape index (κ3) is 5.41. The van der Waals surface area contributed by atoms with Gasteiger partial charge in [0, 0.05) is 29.8 Å². The molecule has 0 saturated carbocycles. The zero-order valence-electron chi connectivity index (χ0n) is 20.6. The van der Waals surface area contributed by atoms with Gasteiger partial charge in [0.05, 0.1) is 23.7 Å². The molecule has 1 saturated heterocycles. The molecule has 2 aromatic carbocycles. The summed E-state index contributed by atoms with van der Waals surface area (Å²) in [4.78, 5) is 38.6. The summed E-state index contributed by atoms with van der Waals surface area (Å²) < 4.78 is 5.14. The Balaban J connectivity index is 1.34. The average Bonchev–Trinajstić information content (AvgIpc) is 2.93. The number of hydrogen-bond acceptors (Lipinski definition) is 8. The number of fused-ring (bicyclic) bond motifs is 1. The number of rotatable bonds is 6. The molecule has 37 heavy (non-hydrogen) atoms. The Labute approximate surface area is 214 Å². The van der Waals surface area contributed by atoms with Gasteiger partial charge in [-0.25, -0.2) is 20.0 Å². The van der Waals surface area contributed by atoms with Crippen LogP contribution < -0.4 is 11.2 Å². The van der Waals surface area contributed by atoms with Crippen LogP contribution in [-0.4, -0.2) is 51.5 Å². The quantitative estimate of drug-likeness (QED) is 0.386. The third-order valence-corrected chi connectivity index (χ3v) is 6.35. The number of piperidine rings is 1. The van der Waals surface area contributed by atoms with Crippen molar-refractivity contribution in [3.05, 3.63) is 72.3 Å². The minimum atomic E-state index is -0.226. The predicted molar refractivity (Wildman–Crippen MR) is 141 cm³/mol. The highest BCUT2D eigenvalue weighted by Gasteiger charge is 2.27. The van der Waals surface area contributed by atoms with Gasteiger partial charge in [-0.1, -0.05) is 42.5 Å². The number of nitrogens with two attached hydrogens (primary N) is 1. The van der Waals surface area contributed by atoms with Gasteiger partial charge in [0.25, 0.3) is 5.91 Å². The van der Waals surface area contributed by atoms with Gasteiger partial charge in [-0.15, -0.1) is 0 Å². The van der Waals surface area contributed by atoms with Crippen LogP contribution in [0.25, 0.3) is 33.5 Å².